The molecule has 0 aromatic heterocycles. The molecule has 1 aromatic rings. The number of methoxy groups -OCH3 is 1. The summed E-state index contributed by atoms with van der Waals surface area (Å²) in [6.45, 7) is 14.2. The van der Waals surface area contributed by atoms with Crippen LogP contribution in [0.1, 0.15) is 83.5 Å². The lowest BCUT2D eigenvalue weighted by Gasteiger charge is -2.48. The van der Waals surface area contributed by atoms with Crippen LogP contribution in [0.5, 0.6) is 0 Å². The van der Waals surface area contributed by atoms with Crippen molar-refractivity contribution in [1.82, 2.24) is 14.7 Å². The molecule has 11 atom stereocenters. The number of hydrogen-bond donors (Lipinski definition) is 1. The van der Waals surface area contributed by atoms with E-state index in [4.69, 9.17) is 23.7 Å². The van der Waals surface area contributed by atoms with Gasteiger partial charge in [-0.3, -0.25) is 9.69 Å². The lowest BCUT2D eigenvalue weighted by Crippen LogP contribution is -2.60. The van der Waals surface area contributed by atoms with Crippen LogP contribution in [0.4, 0.5) is 0 Å². The molecule has 1 unspecified atom stereocenters. The number of aliphatic hydroxyl groups excluding tert-OH is 1. The third kappa shape index (κ3) is 10.5. The predicted octanol–water partition coefficient (Wildman–Crippen LogP) is 4.46. The van der Waals surface area contributed by atoms with Gasteiger partial charge in [0, 0.05) is 25.6 Å². The first-order chi connectivity index (χ1) is 23.7. The molecule has 3 fully saturated rings. The molecule has 11 nitrogen and oxygen atoms in total. The SMILES string of the molecule is CO[C@]1(C)C[C@@H](C)CN(C)[C@H](CCCN2CCCC2)COC(=O)[C@H](C)[C@@H](O)[C@H](C)[C@H]1OC1O[C@H](C)C[C@H](N(C)C)[C@H]1OC(=O)c1ccccc1. The normalized spacial score (nSPS) is 37.1. The highest BCUT2D eigenvalue weighted by atomic mass is 16.7. The first kappa shape index (κ1) is 40.6. The van der Waals surface area contributed by atoms with Crippen LogP contribution in [-0.4, -0.2) is 141 Å². The van der Waals surface area contributed by atoms with Gasteiger partial charge in [0.25, 0.3) is 0 Å². The Hall–Kier alpha value is -2.12. The fourth-order valence-electron chi connectivity index (χ4n) is 8.28. The summed E-state index contributed by atoms with van der Waals surface area (Å²) in [4.78, 5) is 33.8. The van der Waals surface area contributed by atoms with Gasteiger partial charge in [0.15, 0.2) is 12.4 Å². The van der Waals surface area contributed by atoms with Crippen molar-refractivity contribution in [3.63, 3.8) is 0 Å². The molecule has 4 rings (SSSR count). The molecule has 1 aromatic carbocycles. The molecule has 11 heteroatoms. The van der Waals surface area contributed by atoms with Crippen molar-refractivity contribution in [2.24, 2.45) is 17.8 Å². The number of cyclic esters (lactones) is 1. The average molecular weight is 704 g/mol. The van der Waals surface area contributed by atoms with Crippen molar-refractivity contribution < 1.29 is 38.4 Å². The molecule has 284 valence electrons. The first-order valence-electron chi connectivity index (χ1n) is 18.8. The van der Waals surface area contributed by atoms with Gasteiger partial charge < -0.3 is 38.6 Å². The summed E-state index contributed by atoms with van der Waals surface area (Å²) in [6, 6.07) is 8.77. The molecule has 3 aliphatic heterocycles. The van der Waals surface area contributed by atoms with Crippen molar-refractivity contribution >= 4 is 11.9 Å². The van der Waals surface area contributed by atoms with E-state index in [9.17, 15) is 14.7 Å². The number of hydrogen-bond acceptors (Lipinski definition) is 11. The number of ether oxygens (including phenoxy) is 5. The van der Waals surface area contributed by atoms with Crippen LogP contribution in [0.3, 0.4) is 0 Å². The summed E-state index contributed by atoms with van der Waals surface area (Å²) in [6.07, 6.45) is 1.99. The summed E-state index contributed by atoms with van der Waals surface area (Å²) in [5.74, 6) is -2.11. The van der Waals surface area contributed by atoms with E-state index in [1.807, 2.05) is 45.8 Å². The van der Waals surface area contributed by atoms with Gasteiger partial charge in [-0.15, -0.1) is 0 Å². The Kier molecular flexibility index (Phi) is 15.1. The number of benzene rings is 1. The smallest absolute Gasteiger partial charge is 0.338 e. The number of carbonyl (C=O) groups excluding carboxylic acids is 2. The minimum absolute atomic E-state index is 0.0625. The van der Waals surface area contributed by atoms with Gasteiger partial charge in [-0.1, -0.05) is 32.0 Å². The monoisotopic (exact) mass is 703 g/mol. The molecule has 0 spiro atoms. The van der Waals surface area contributed by atoms with E-state index in [0.29, 0.717) is 18.4 Å². The molecule has 0 amide bonds. The van der Waals surface area contributed by atoms with Gasteiger partial charge in [-0.05, 0) is 118 Å². The summed E-state index contributed by atoms with van der Waals surface area (Å²) in [5, 5.41) is 11.8. The van der Waals surface area contributed by atoms with Gasteiger partial charge in [0.2, 0.25) is 0 Å². The number of aliphatic hydroxyl groups is 1. The predicted molar refractivity (Wildman–Crippen MR) is 193 cm³/mol. The molecule has 0 saturated carbocycles. The van der Waals surface area contributed by atoms with Crippen molar-refractivity contribution in [3.8, 4) is 0 Å². The second kappa shape index (κ2) is 18.6. The molecule has 50 heavy (non-hydrogen) atoms. The highest BCUT2D eigenvalue weighted by Gasteiger charge is 2.50. The largest absolute Gasteiger partial charge is 0.464 e. The number of nitrogens with zero attached hydrogens (tertiary/aromatic N) is 3. The third-order valence-electron chi connectivity index (χ3n) is 11.4. The molecular weight excluding hydrogens is 638 g/mol. The second-order valence-electron chi connectivity index (χ2n) is 15.8. The Balaban J connectivity index is 1.62. The van der Waals surface area contributed by atoms with Crippen molar-refractivity contribution in [1.29, 1.82) is 0 Å². The Bertz CT molecular complexity index is 1200. The molecule has 3 saturated heterocycles. The maximum absolute atomic E-state index is 13.5. The molecule has 1 N–H and O–H groups in total. The van der Waals surface area contributed by atoms with Gasteiger partial charge in [0.1, 0.15) is 6.61 Å². The summed E-state index contributed by atoms with van der Waals surface area (Å²) in [7, 11) is 7.69. The number of rotatable bonds is 10. The minimum Gasteiger partial charge on any atom is -0.464 e. The first-order valence-corrected chi connectivity index (χ1v) is 18.8. The molecule has 0 aliphatic carbocycles. The lowest BCUT2D eigenvalue weighted by atomic mass is 9.77. The molecular formula is C39H65N3O8. The van der Waals surface area contributed by atoms with Gasteiger partial charge in [-0.25, -0.2) is 4.79 Å². The van der Waals surface area contributed by atoms with E-state index < -0.39 is 54.0 Å². The van der Waals surface area contributed by atoms with Crippen molar-refractivity contribution in [2.45, 2.75) is 122 Å². The topological polar surface area (TPSA) is 110 Å². The van der Waals surface area contributed by atoms with Crippen LogP contribution in [0.25, 0.3) is 0 Å². The van der Waals surface area contributed by atoms with Gasteiger partial charge in [0.05, 0.1) is 41.4 Å². The van der Waals surface area contributed by atoms with Crippen LogP contribution in [0.15, 0.2) is 30.3 Å². The standard InChI is InChI=1S/C39H65N3O8/c1-26-23-39(5,46-9)35(50-38-34(32(40(6)7)22-27(2)48-38)49-37(45)30-16-11-10-12-17-30)28(3)33(43)29(4)36(44)47-25-31(41(8)24-26)18-15-21-42-19-13-14-20-42/h10-12,16-17,26-29,31-35,38,43H,13-15,18-25H2,1-9H3/t26-,27-,28+,29-,31-,32+,33+,34-,35-,38?,39-/m1/s1. The van der Waals surface area contributed by atoms with Crippen molar-refractivity contribution in [2.75, 3.05) is 61.0 Å². The van der Waals surface area contributed by atoms with Crippen LogP contribution in [-0.2, 0) is 28.5 Å². The van der Waals surface area contributed by atoms with E-state index in [2.05, 4.69) is 23.8 Å². The van der Waals surface area contributed by atoms with Gasteiger partial charge in [-0.2, -0.15) is 0 Å². The van der Waals surface area contributed by atoms with E-state index in [-0.39, 0.29) is 30.7 Å². The van der Waals surface area contributed by atoms with E-state index in [0.717, 1.165) is 39.0 Å². The average Bonchev–Trinajstić information content (AvgIpc) is 3.61. The van der Waals surface area contributed by atoms with Crippen LogP contribution < -0.4 is 0 Å². The third-order valence-corrected chi connectivity index (χ3v) is 11.4. The van der Waals surface area contributed by atoms with E-state index in [1.165, 1.54) is 12.8 Å². The Morgan fingerprint density at radius 3 is 2.42 bits per heavy atom. The lowest BCUT2D eigenvalue weighted by molar-refractivity contribution is -0.300. The van der Waals surface area contributed by atoms with Crippen LogP contribution in [0, 0.1) is 17.8 Å². The number of esters is 2. The zero-order valence-electron chi connectivity index (χ0n) is 32.1. The van der Waals surface area contributed by atoms with Crippen LogP contribution >= 0.6 is 0 Å². The Labute approximate surface area is 300 Å². The fraction of sp³-hybridized carbons (Fsp3) is 0.795. The van der Waals surface area contributed by atoms with Crippen molar-refractivity contribution in [3.05, 3.63) is 35.9 Å². The Morgan fingerprint density at radius 2 is 1.78 bits per heavy atom. The van der Waals surface area contributed by atoms with Crippen LogP contribution in [0.2, 0.25) is 0 Å². The Morgan fingerprint density at radius 1 is 1.10 bits per heavy atom. The molecule has 0 radical (unpaired) electrons. The zero-order valence-corrected chi connectivity index (χ0v) is 32.1. The summed E-state index contributed by atoms with van der Waals surface area (Å²) >= 11 is 0. The number of likely N-dealkylation sites (tertiary alicyclic amines) is 1. The number of likely N-dealkylation sites (N-methyl/N-ethyl adjacent to an activating group) is 2. The van der Waals surface area contributed by atoms with Gasteiger partial charge >= 0.3 is 11.9 Å². The van der Waals surface area contributed by atoms with E-state index in [1.54, 1.807) is 38.3 Å². The maximum Gasteiger partial charge on any atom is 0.338 e. The molecule has 3 aliphatic rings. The number of carbonyl (C=O) groups is 2. The quantitative estimate of drug-likeness (QED) is 0.349. The summed E-state index contributed by atoms with van der Waals surface area (Å²) in [5.41, 5.74) is -0.454. The fourth-order valence-corrected chi connectivity index (χ4v) is 8.28. The van der Waals surface area contributed by atoms with E-state index >= 15 is 0 Å². The summed E-state index contributed by atoms with van der Waals surface area (Å²) < 4.78 is 31.9. The maximum atomic E-state index is 13.5. The highest BCUT2D eigenvalue weighted by molar-refractivity contribution is 5.89. The molecule has 0 bridgehead atoms. The molecule has 3 heterocycles. The second-order valence-corrected chi connectivity index (χ2v) is 15.8. The minimum atomic E-state index is -1.10. The zero-order chi connectivity index (χ0) is 36.6. The highest BCUT2D eigenvalue weighted by Crippen LogP contribution is 2.38.